The molecule has 1 rings (SSSR count). The maximum absolute atomic E-state index is 12.6. The first-order valence-corrected chi connectivity index (χ1v) is 6.31. The smallest absolute Gasteiger partial charge is 0.449 e. The van der Waals surface area contributed by atoms with E-state index in [1.807, 2.05) is 22.6 Å². The molecule has 0 N–H and O–H groups in total. The third-order valence-corrected chi connectivity index (χ3v) is 4.47. The van der Waals surface area contributed by atoms with Crippen molar-refractivity contribution in [3.8, 4) is 0 Å². The van der Waals surface area contributed by atoms with E-state index in [4.69, 9.17) is 5.53 Å². The molecule has 0 aromatic heterocycles. The van der Waals surface area contributed by atoms with Crippen LogP contribution < -0.4 is 0 Å². The van der Waals surface area contributed by atoms with Crippen LogP contribution in [0.1, 0.15) is 22.3 Å². The molecule has 0 saturated carbocycles. The summed E-state index contributed by atoms with van der Waals surface area (Å²) in [5.41, 5.74) is 10.8. The largest absolute Gasteiger partial charge is 0.482 e. The topological polar surface area (TPSA) is 48.8 Å². The summed E-state index contributed by atoms with van der Waals surface area (Å²) in [6.45, 7) is 0.0663. The van der Waals surface area contributed by atoms with Crippen molar-refractivity contribution in [2.45, 2.75) is 27.1 Å². The molecule has 0 spiro atoms. The van der Waals surface area contributed by atoms with Gasteiger partial charge in [0.2, 0.25) is 0 Å². The third kappa shape index (κ3) is 3.11. The highest BCUT2D eigenvalue weighted by molar-refractivity contribution is 14.1. The maximum atomic E-state index is 12.6. The van der Waals surface area contributed by atoms with Crippen LogP contribution in [0.3, 0.4) is 0 Å². The molecular weight excluding hydrogens is 357 g/mol. The maximum Gasteiger partial charge on any atom is 0.482 e. The Hall–Kier alpha value is -0.885. The SMILES string of the molecule is Cc1c(I)c(C)c(N=[N+]=[N-])c(C)c1C[B-](F)(F)F. The minimum absolute atomic E-state index is 0.222. The second-order valence-electron chi connectivity index (χ2n) is 4.12. The van der Waals surface area contributed by atoms with Gasteiger partial charge in [0.1, 0.15) is 0 Å². The van der Waals surface area contributed by atoms with Gasteiger partial charge < -0.3 is 12.9 Å². The first kappa shape index (κ1) is 15.2. The van der Waals surface area contributed by atoms with E-state index in [0.717, 1.165) is 9.13 Å². The van der Waals surface area contributed by atoms with Crippen molar-refractivity contribution in [1.29, 1.82) is 0 Å². The Morgan fingerprint density at radius 3 is 2.17 bits per heavy atom. The lowest BCUT2D eigenvalue weighted by molar-refractivity contribution is 0.468. The molecule has 1 aromatic rings. The van der Waals surface area contributed by atoms with Crippen LogP contribution in [-0.2, 0) is 6.32 Å². The van der Waals surface area contributed by atoms with E-state index < -0.39 is 13.3 Å². The van der Waals surface area contributed by atoms with Gasteiger partial charge in [0.15, 0.2) is 0 Å². The highest BCUT2D eigenvalue weighted by atomic mass is 127. The molecule has 0 fully saturated rings. The molecule has 98 valence electrons. The van der Waals surface area contributed by atoms with Gasteiger partial charge in [-0.2, -0.15) is 0 Å². The van der Waals surface area contributed by atoms with Crippen LogP contribution in [0.2, 0.25) is 0 Å². The van der Waals surface area contributed by atoms with E-state index in [0.29, 0.717) is 16.8 Å². The normalized spacial score (nSPS) is 11.3. The van der Waals surface area contributed by atoms with Crippen molar-refractivity contribution in [3.05, 3.63) is 36.3 Å². The van der Waals surface area contributed by atoms with Crippen LogP contribution in [0.4, 0.5) is 18.6 Å². The highest BCUT2D eigenvalue weighted by Crippen LogP contribution is 2.36. The van der Waals surface area contributed by atoms with Gasteiger partial charge in [-0.05, 0) is 65.6 Å². The Kier molecular flexibility index (Phi) is 4.55. The quantitative estimate of drug-likeness (QED) is 0.235. The Morgan fingerprint density at radius 2 is 1.72 bits per heavy atom. The number of hydrogen-bond donors (Lipinski definition) is 0. The third-order valence-electron chi connectivity index (χ3n) is 2.85. The lowest BCUT2D eigenvalue weighted by Gasteiger charge is -2.21. The number of benzene rings is 1. The van der Waals surface area contributed by atoms with Crippen LogP contribution >= 0.6 is 22.6 Å². The van der Waals surface area contributed by atoms with E-state index in [9.17, 15) is 12.9 Å². The second kappa shape index (κ2) is 5.40. The summed E-state index contributed by atoms with van der Waals surface area (Å²) in [5.74, 6) is 0. The number of hydrogen-bond acceptors (Lipinski definition) is 1. The van der Waals surface area contributed by atoms with Crippen molar-refractivity contribution in [2.75, 3.05) is 0 Å². The van der Waals surface area contributed by atoms with Crippen LogP contribution in [0, 0.1) is 24.3 Å². The molecule has 0 atom stereocenters. The van der Waals surface area contributed by atoms with Gasteiger partial charge in [0.25, 0.3) is 0 Å². The Bertz CT molecular complexity index is 536. The standard InChI is InChI=1S/C10H11BF3IN3/c1-5-8(4-11(12,13)14)6(2)10(17-18-16)7(3)9(5)15/h4H2,1-3H3/q-1. The fourth-order valence-electron chi connectivity index (χ4n) is 1.96. The molecule has 0 unspecified atom stereocenters. The summed E-state index contributed by atoms with van der Waals surface area (Å²) >= 11 is 1.98. The van der Waals surface area contributed by atoms with E-state index in [1.165, 1.54) is 0 Å². The molecule has 3 nitrogen and oxygen atoms in total. The van der Waals surface area contributed by atoms with E-state index in [1.54, 1.807) is 20.8 Å². The summed E-state index contributed by atoms with van der Waals surface area (Å²) in [5, 5.41) is 3.51. The molecule has 0 heterocycles. The minimum Gasteiger partial charge on any atom is -0.449 e. The average molecular weight is 368 g/mol. The second-order valence-corrected chi connectivity index (χ2v) is 5.20. The van der Waals surface area contributed by atoms with Crippen molar-refractivity contribution >= 4 is 35.3 Å². The number of rotatable bonds is 3. The number of azide groups is 1. The van der Waals surface area contributed by atoms with Crippen molar-refractivity contribution in [3.63, 3.8) is 0 Å². The first-order valence-electron chi connectivity index (χ1n) is 5.23. The van der Waals surface area contributed by atoms with Crippen molar-refractivity contribution < 1.29 is 12.9 Å². The molecule has 0 aliphatic heterocycles. The molecular formula is C10H11BF3IN3-. The minimum atomic E-state index is -4.91. The zero-order chi connectivity index (χ0) is 14.1. The van der Waals surface area contributed by atoms with E-state index in [-0.39, 0.29) is 5.56 Å². The fraction of sp³-hybridized carbons (Fsp3) is 0.400. The lowest BCUT2D eigenvalue weighted by Crippen LogP contribution is -2.21. The predicted molar refractivity (Wildman–Crippen MR) is 75.0 cm³/mol. The van der Waals surface area contributed by atoms with Gasteiger partial charge in [0.05, 0.1) is 0 Å². The van der Waals surface area contributed by atoms with Crippen LogP contribution in [0.25, 0.3) is 10.4 Å². The molecule has 18 heavy (non-hydrogen) atoms. The number of nitrogens with zero attached hydrogens (tertiary/aromatic N) is 3. The van der Waals surface area contributed by atoms with Gasteiger partial charge in [0, 0.05) is 14.2 Å². The van der Waals surface area contributed by atoms with Crippen LogP contribution in [0.5, 0.6) is 0 Å². The lowest BCUT2D eigenvalue weighted by atomic mass is 9.78. The van der Waals surface area contributed by atoms with Crippen molar-refractivity contribution in [2.24, 2.45) is 5.11 Å². The van der Waals surface area contributed by atoms with Gasteiger partial charge in [-0.3, -0.25) is 0 Å². The summed E-state index contributed by atoms with van der Waals surface area (Å²) in [7, 11) is 0. The molecule has 0 radical (unpaired) electrons. The molecule has 0 bridgehead atoms. The van der Waals surface area contributed by atoms with E-state index in [2.05, 4.69) is 10.0 Å². The molecule has 0 aliphatic rings. The zero-order valence-corrected chi connectivity index (χ0v) is 12.3. The molecule has 0 saturated heterocycles. The fourth-order valence-corrected chi connectivity index (χ4v) is 2.54. The summed E-state index contributed by atoms with van der Waals surface area (Å²) < 4.78 is 38.5. The average Bonchev–Trinajstić information content (AvgIpc) is 2.26. The summed E-state index contributed by atoms with van der Waals surface area (Å²) in [4.78, 5) is 2.68. The highest BCUT2D eigenvalue weighted by Gasteiger charge is 2.26. The molecule has 8 heteroatoms. The van der Waals surface area contributed by atoms with Gasteiger partial charge in [-0.15, -0.1) is 0 Å². The molecule has 0 aliphatic carbocycles. The van der Waals surface area contributed by atoms with Gasteiger partial charge in [-0.1, -0.05) is 17.0 Å². The number of halogens is 4. The van der Waals surface area contributed by atoms with Crippen LogP contribution in [-0.4, -0.2) is 6.98 Å². The van der Waals surface area contributed by atoms with Crippen molar-refractivity contribution in [1.82, 2.24) is 0 Å². The molecule has 1 aromatic carbocycles. The first-order chi connectivity index (χ1) is 8.19. The summed E-state index contributed by atoms with van der Waals surface area (Å²) in [6, 6.07) is 0. The van der Waals surface area contributed by atoms with Gasteiger partial charge in [-0.25, -0.2) is 0 Å². The Morgan fingerprint density at radius 1 is 1.17 bits per heavy atom. The summed E-state index contributed by atoms with van der Waals surface area (Å²) in [6.07, 6.45) is -0.943. The predicted octanol–water partition coefficient (Wildman–Crippen LogP) is 5.09. The Balaban J connectivity index is 3.57. The zero-order valence-electron chi connectivity index (χ0n) is 10.1. The monoisotopic (exact) mass is 368 g/mol. The van der Waals surface area contributed by atoms with Crippen LogP contribution in [0.15, 0.2) is 5.11 Å². The van der Waals surface area contributed by atoms with E-state index >= 15 is 0 Å². The van der Waals surface area contributed by atoms with Gasteiger partial charge >= 0.3 is 6.98 Å². The molecule has 0 amide bonds. The Labute approximate surface area is 117 Å².